The Kier molecular flexibility index (Phi) is 5.60. The molecule has 0 unspecified atom stereocenters. The van der Waals surface area contributed by atoms with Crippen molar-refractivity contribution in [2.45, 2.75) is 32.6 Å². The van der Waals surface area contributed by atoms with Gasteiger partial charge in [0, 0.05) is 6.07 Å². The molecule has 0 saturated carbocycles. The Balaban J connectivity index is 2.45. The Bertz CT molecular complexity index is 378. The normalized spacial score (nSPS) is 10.3. The summed E-state index contributed by atoms with van der Waals surface area (Å²) in [5.74, 6) is -0.562. The SMILES string of the molecule is CCCCCCOc1ccc(C(=O)F)c(F)c1. The average molecular weight is 242 g/mol. The molecule has 0 radical (unpaired) electrons. The zero-order valence-corrected chi connectivity index (χ0v) is 9.84. The third-order valence-corrected chi connectivity index (χ3v) is 2.42. The van der Waals surface area contributed by atoms with Crippen molar-refractivity contribution >= 4 is 6.04 Å². The van der Waals surface area contributed by atoms with Crippen LogP contribution in [0.4, 0.5) is 8.78 Å². The van der Waals surface area contributed by atoms with Crippen molar-refractivity contribution in [3.63, 3.8) is 0 Å². The van der Waals surface area contributed by atoms with Crippen LogP contribution in [0.15, 0.2) is 18.2 Å². The first kappa shape index (κ1) is 13.6. The molecule has 1 rings (SSSR count). The molecule has 0 N–H and O–H groups in total. The quantitative estimate of drug-likeness (QED) is 0.535. The van der Waals surface area contributed by atoms with E-state index in [-0.39, 0.29) is 0 Å². The standard InChI is InChI=1S/C13H16F2O2/c1-2-3-4-5-8-17-10-6-7-11(13(15)16)12(14)9-10/h6-7,9H,2-5,8H2,1H3. The minimum absolute atomic E-state index is 0.323. The molecule has 17 heavy (non-hydrogen) atoms. The molecule has 0 amide bonds. The minimum atomic E-state index is -1.77. The lowest BCUT2D eigenvalue weighted by Gasteiger charge is -2.06. The molecule has 0 aliphatic heterocycles. The monoisotopic (exact) mass is 242 g/mol. The molecule has 1 aromatic carbocycles. The van der Waals surface area contributed by atoms with Gasteiger partial charge in [0.25, 0.3) is 0 Å². The van der Waals surface area contributed by atoms with E-state index in [0.29, 0.717) is 12.4 Å². The van der Waals surface area contributed by atoms with Gasteiger partial charge in [0.1, 0.15) is 11.6 Å². The Morgan fingerprint density at radius 3 is 2.65 bits per heavy atom. The molecule has 0 saturated heterocycles. The first-order valence-electron chi connectivity index (χ1n) is 5.77. The third kappa shape index (κ3) is 4.51. The van der Waals surface area contributed by atoms with E-state index in [1.807, 2.05) is 0 Å². The van der Waals surface area contributed by atoms with Crippen molar-refractivity contribution < 1.29 is 18.3 Å². The van der Waals surface area contributed by atoms with Gasteiger partial charge in [-0.25, -0.2) is 4.39 Å². The molecule has 0 fully saturated rings. The number of hydrogen-bond donors (Lipinski definition) is 0. The van der Waals surface area contributed by atoms with Crippen LogP contribution in [-0.2, 0) is 0 Å². The predicted molar refractivity (Wildman–Crippen MR) is 61.5 cm³/mol. The van der Waals surface area contributed by atoms with Gasteiger partial charge < -0.3 is 4.74 Å². The van der Waals surface area contributed by atoms with E-state index in [0.717, 1.165) is 37.8 Å². The fourth-order valence-electron chi connectivity index (χ4n) is 1.46. The summed E-state index contributed by atoms with van der Waals surface area (Å²) in [6.45, 7) is 2.62. The van der Waals surface area contributed by atoms with Gasteiger partial charge in [-0.2, -0.15) is 4.39 Å². The largest absolute Gasteiger partial charge is 0.493 e. The maximum atomic E-state index is 13.2. The van der Waals surface area contributed by atoms with Gasteiger partial charge in [0.05, 0.1) is 12.2 Å². The molecule has 1 aromatic rings. The lowest BCUT2D eigenvalue weighted by atomic mass is 10.2. The van der Waals surface area contributed by atoms with Crippen LogP contribution < -0.4 is 4.74 Å². The first-order valence-corrected chi connectivity index (χ1v) is 5.77. The predicted octanol–water partition coefficient (Wildman–Crippen LogP) is 3.89. The Morgan fingerprint density at radius 2 is 2.06 bits per heavy atom. The molecule has 0 aliphatic rings. The summed E-state index contributed by atoms with van der Waals surface area (Å²) in [5.41, 5.74) is -0.552. The topological polar surface area (TPSA) is 26.3 Å². The van der Waals surface area contributed by atoms with Crippen molar-refractivity contribution in [3.8, 4) is 5.75 Å². The Morgan fingerprint density at radius 1 is 1.29 bits per heavy atom. The summed E-state index contributed by atoms with van der Waals surface area (Å²) in [7, 11) is 0. The van der Waals surface area contributed by atoms with E-state index < -0.39 is 17.4 Å². The molecular weight excluding hydrogens is 226 g/mol. The molecule has 4 heteroatoms. The number of halogens is 2. The lowest BCUT2D eigenvalue weighted by molar-refractivity contribution is 0.0831. The van der Waals surface area contributed by atoms with Crippen LogP contribution in [0, 0.1) is 5.82 Å². The molecular formula is C13H16F2O2. The van der Waals surface area contributed by atoms with Crippen LogP contribution in [-0.4, -0.2) is 12.6 Å². The molecule has 0 atom stereocenters. The van der Waals surface area contributed by atoms with Crippen molar-refractivity contribution in [2.24, 2.45) is 0 Å². The highest BCUT2D eigenvalue weighted by Gasteiger charge is 2.11. The molecule has 0 aromatic heterocycles. The van der Waals surface area contributed by atoms with Gasteiger partial charge >= 0.3 is 6.04 Å². The van der Waals surface area contributed by atoms with Crippen molar-refractivity contribution in [3.05, 3.63) is 29.6 Å². The fourth-order valence-corrected chi connectivity index (χ4v) is 1.46. The van der Waals surface area contributed by atoms with Crippen LogP contribution in [0.5, 0.6) is 5.75 Å². The van der Waals surface area contributed by atoms with Crippen LogP contribution >= 0.6 is 0 Å². The number of hydrogen-bond acceptors (Lipinski definition) is 2. The summed E-state index contributed by atoms with van der Waals surface area (Å²) in [4.78, 5) is 10.4. The van der Waals surface area contributed by atoms with E-state index in [9.17, 15) is 13.6 Å². The second-order valence-corrected chi connectivity index (χ2v) is 3.82. The van der Waals surface area contributed by atoms with Crippen LogP contribution in [0.1, 0.15) is 43.0 Å². The summed E-state index contributed by atoms with van der Waals surface area (Å²) >= 11 is 0. The third-order valence-electron chi connectivity index (χ3n) is 2.42. The molecule has 94 valence electrons. The molecule has 2 nitrogen and oxygen atoms in total. The number of carbonyl (C=O) groups excluding carboxylic acids is 1. The lowest BCUT2D eigenvalue weighted by Crippen LogP contribution is -2.00. The second kappa shape index (κ2) is 6.99. The second-order valence-electron chi connectivity index (χ2n) is 3.82. The van der Waals surface area contributed by atoms with Gasteiger partial charge in [-0.1, -0.05) is 26.2 Å². The van der Waals surface area contributed by atoms with Crippen LogP contribution in [0.25, 0.3) is 0 Å². The summed E-state index contributed by atoms with van der Waals surface area (Å²) in [5, 5.41) is 0. The van der Waals surface area contributed by atoms with Gasteiger partial charge in [-0.15, -0.1) is 0 Å². The number of benzene rings is 1. The molecule has 0 spiro atoms. The fraction of sp³-hybridized carbons (Fsp3) is 0.462. The average Bonchev–Trinajstić information content (AvgIpc) is 2.28. The number of ether oxygens (including phenoxy) is 1. The summed E-state index contributed by atoms with van der Waals surface area (Å²) in [6.07, 6.45) is 4.26. The highest BCUT2D eigenvalue weighted by Crippen LogP contribution is 2.17. The Labute approximate surface area is 99.6 Å². The number of rotatable bonds is 7. The molecule has 0 heterocycles. The highest BCUT2D eigenvalue weighted by atomic mass is 19.1. The van der Waals surface area contributed by atoms with E-state index >= 15 is 0 Å². The minimum Gasteiger partial charge on any atom is -0.493 e. The number of carbonyl (C=O) groups is 1. The van der Waals surface area contributed by atoms with Gasteiger partial charge in [-0.05, 0) is 18.6 Å². The van der Waals surface area contributed by atoms with Crippen molar-refractivity contribution in [1.82, 2.24) is 0 Å². The smallest absolute Gasteiger partial charge is 0.335 e. The zero-order chi connectivity index (χ0) is 12.7. The van der Waals surface area contributed by atoms with Gasteiger partial charge in [0.15, 0.2) is 0 Å². The van der Waals surface area contributed by atoms with Crippen molar-refractivity contribution in [2.75, 3.05) is 6.61 Å². The first-order chi connectivity index (χ1) is 8.15. The number of unbranched alkanes of at least 4 members (excludes halogenated alkanes) is 3. The van der Waals surface area contributed by atoms with E-state index in [4.69, 9.17) is 4.74 Å². The Hall–Kier alpha value is -1.45. The maximum absolute atomic E-state index is 13.2. The molecule has 0 aliphatic carbocycles. The van der Waals surface area contributed by atoms with E-state index in [2.05, 4.69) is 6.92 Å². The van der Waals surface area contributed by atoms with Crippen LogP contribution in [0.3, 0.4) is 0 Å². The van der Waals surface area contributed by atoms with Gasteiger partial charge in [0.2, 0.25) is 0 Å². The van der Waals surface area contributed by atoms with Crippen molar-refractivity contribution in [1.29, 1.82) is 0 Å². The summed E-state index contributed by atoms with van der Waals surface area (Å²) in [6, 6.07) is 1.76. The van der Waals surface area contributed by atoms with E-state index in [1.165, 1.54) is 6.07 Å². The maximum Gasteiger partial charge on any atom is 0.335 e. The molecule has 0 bridgehead atoms. The van der Waals surface area contributed by atoms with Crippen LogP contribution in [0.2, 0.25) is 0 Å². The summed E-state index contributed by atoms with van der Waals surface area (Å²) < 4.78 is 30.8. The highest BCUT2D eigenvalue weighted by molar-refractivity contribution is 5.88. The van der Waals surface area contributed by atoms with Gasteiger partial charge in [-0.3, -0.25) is 4.79 Å². The van der Waals surface area contributed by atoms with E-state index in [1.54, 1.807) is 0 Å². The zero-order valence-electron chi connectivity index (χ0n) is 9.84.